The van der Waals surface area contributed by atoms with E-state index < -0.39 is 11.6 Å². The van der Waals surface area contributed by atoms with Gasteiger partial charge >= 0.3 is 0 Å². The lowest BCUT2D eigenvalue weighted by atomic mass is 9.82. The highest BCUT2D eigenvalue weighted by Crippen LogP contribution is 2.33. The van der Waals surface area contributed by atoms with Crippen molar-refractivity contribution in [1.29, 1.82) is 0 Å². The summed E-state index contributed by atoms with van der Waals surface area (Å²) in [7, 11) is 2.22. The molecule has 2 heterocycles. The minimum absolute atomic E-state index is 0.158. The molecule has 4 heteroatoms. The van der Waals surface area contributed by atoms with Gasteiger partial charge in [-0.05, 0) is 45.7 Å². The minimum Gasteiger partial charge on any atom is -0.307 e. The summed E-state index contributed by atoms with van der Waals surface area (Å²) in [6.07, 6.45) is 6.05. The van der Waals surface area contributed by atoms with E-state index in [0.717, 1.165) is 12.8 Å². The van der Waals surface area contributed by atoms with Gasteiger partial charge in [-0.3, -0.25) is 0 Å². The van der Waals surface area contributed by atoms with E-state index in [1.54, 1.807) is 12.1 Å². The van der Waals surface area contributed by atoms with Gasteiger partial charge in [-0.1, -0.05) is 18.6 Å². The molecule has 0 spiro atoms. The summed E-state index contributed by atoms with van der Waals surface area (Å²) in [5, 5.41) is 3.52. The van der Waals surface area contributed by atoms with Gasteiger partial charge in [-0.25, -0.2) is 8.78 Å². The van der Waals surface area contributed by atoms with Crippen molar-refractivity contribution < 1.29 is 8.78 Å². The van der Waals surface area contributed by atoms with Crippen LogP contribution in [-0.4, -0.2) is 30.1 Å². The molecule has 0 aromatic heterocycles. The first-order valence-corrected chi connectivity index (χ1v) is 7.98. The Labute approximate surface area is 125 Å². The Balaban J connectivity index is 1.68. The normalized spacial score (nSPS) is 31.1. The fourth-order valence-corrected chi connectivity index (χ4v) is 4.05. The summed E-state index contributed by atoms with van der Waals surface area (Å²) in [6.45, 7) is 1.92. The van der Waals surface area contributed by atoms with Crippen LogP contribution >= 0.6 is 0 Å². The molecule has 2 nitrogen and oxygen atoms in total. The number of hydrogen-bond acceptors (Lipinski definition) is 2. The first kappa shape index (κ1) is 14.9. The first-order chi connectivity index (χ1) is 10.1. The van der Waals surface area contributed by atoms with Crippen LogP contribution in [0.4, 0.5) is 8.78 Å². The molecule has 116 valence electrons. The molecule has 0 radical (unpaired) electrons. The number of halogens is 2. The third kappa shape index (κ3) is 2.97. The van der Waals surface area contributed by atoms with Crippen molar-refractivity contribution in [3.8, 4) is 0 Å². The Morgan fingerprint density at radius 1 is 1.19 bits per heavy atom. The quantitative estimate of drug-likeness (QED) is 0.916. The molecular weight excluding hydrogens is 270 g/mol. The van der Waals surface area contributed by atoms with E-state index in [9.17, 15) is 8.78 Å². The predicted molar refractivity (Wildman–Crippen MR) is 80.1 cm³/mol. The second-order valence-corrected chi connectivity index (χ2v) is 6.60. The van der Waals surface area contributed by atoms with Crippen molar-refractivity contribution in [3.05, 3.63) is 35.4 Å². The molecule has 0 aliphatic carbocycles. The standard InChI is InChI=1S/C17H24F2N2/c1-11(15-7-4-8-16(18)17(15)19)20-12-9-13-5-3-6-14(10-12)21(13)2/h4,7-8,11-14,20H,3,5-6,9-10H2,1-2H3. The van der Waals surface area contributed by atoms with Crippen molar-refractivity contribution in [2.24, 2.45) is 0 Å². The van der Waals surface area contributed by atoms with E-state index in [4.69, 9.17) is 0 Å². The summed E-state index contributed by atoms with van der Waals surface area (Å²) in [5.41, 5.74) is 0.430. The van der Waals surface area contributed by atoms with Gasteiger partial charge in [-0.2, -0.15) is 0 Å². The van der Waals surface area contributed by atoms with Gasteiger partial charge in [0.25, 0.3) is 0 Å². The molecule has 1 N–H and O–H groups in total. The van der Waals surface area contributed by atoms with Crippen LogP contribution in [0.1, 0.15) is 50.6 Å². The van der Waals surface area contributed by atoms with Gasteiger partial charge in [0.05, 0.1) is 0 Å². The summed E-state index contributed by atoms with van der Waals surface area (Å²) >= 11 is 0. The lowest BCUT2D eigenvalue weighted by molar-refractivity contribution is 0.0461. The highest BCUT2D eigenvalue weighted by atomic mass is 19.2. The number of nitrogens with one attached hydrogen (secondary N) is 1. The van der Waals surface area contributed by atoms with Crippen LogP contribution < -0.4 is 5.32 Å². The maximum absolute atomic E-state index is 13.9. The van der Waals surface area contributed by atoms with Crippen LogP contribution in [0.5, 0.6) is 0 Å². The smallest absolute Gasteiger partial charge is 0.163 e. The summed E-state index contributed by atoms with van der Waals surface area (Å²) < 4.78 is 27.2. The Kier molecular flexibility index (Phi) is 4.27. The molecule has 2 aliphatic rings. The zero-order valence-corrected chi connectivity index (χ0v) is 12.8. The largest absolute Gasteiger partial charge is 0.307 e. The molecule has 3 atom stereocenters. The molecule has 3 rings (SSSR count). The van der Waals surface area contributed by atoms with E-state index >= 15 is 0 Å². The molecule has 1 aromatic carbocycles. The molecule has 0 saturated carbocycles. The van der Waals surface area contributed by atoms with Gasteiger partial charge in [0.1, 0.15) is 0 Å². The SMILES string of the molecule is CC(NC1CC2CCCC(C1)N2C)c1cccc(F)c1F. The topological polar surface area (TPSA) is 15.3 Å². The molecule has 1 aromatic rings. The van der Waals surface area contributed by atoms with Gasteiger partial charge in [-0.15, -0.1) is 0 Å². The monoisotopic (exact) mass is 294 g/mol. The predicted octanol–water partition coefficient (Wildman–Crippen LogP) is 3.63. The highest BCUT2D eigenvalue weighted by Gasteiger charge is 2.36. The van der Waals surface area contributed by atoms with Gasteiger partial charge in [0.15, 0.2) is 11.6 Å². The van der Waals surface area contributed by atoms with Crippen molar-refractivity contribution in [2.45, 2.75) is 63.2 Å². The van der Waals surface area contributed by atoms with E-state index in [0.29, 0.717) is 23.7 Å². The van der Waals surface area contributed by atoms with Crippen LogP contribution in [0.2, 0.25) is 0 Å². The van der Waals surface area contributed by atoms with Crippen LogP contribution in [0.25, 0.3) is 0 Å². The number of nitrogens with zero attached hydrogens (tertiary/aromatic N) is 1. The third-order valence-corrected chi connectivity index (χ3v) is 5.27. The fraction of sp³-hybridized carbons (Fsp3) is 0.647. The van der Waals surface area contributed by atoms with Crippen molar-refractivity contribution in [3.63, 3.8) is 0 Å². The van der Waals surface area contributed by atoms with Crippen LogP contribution in [-0.2, 0) is 0 Å². The van der Waals surface area contributed by atoms with Crippen molar-refractivity contribution in [2.75, 3.05) is 7.05 Å². The van der Waals surface area contributed by atoms with Crippen LogP contribution in [0.3, 0.4) is 0 Å². The second kappa shape index (κ2) is 6.01. The number of piperidine rings is 2. The molecule has 2 saturated heterocycles. The van der Waals surface area contributed by atoms with Gasteiger partial charge in [0.2, 0.25) is 0 Å². The first-order valence-electron chi connectivity index (χ1n) is 7.98. The molecule has 2 bridgehead atoms. The Morgan fingerprint density at radius 3 is 2.52 bits per heavy atom. The van der Waals surface area contributed by atoms with E-state index in [-0.39, 0.29) is 6.04 Å². The van der Waals surface area contributed by atoms with Gasteiger partial charge < -0.3 is 10.2 Å². The second-order valence-electron chi connectivity index (χ2n) is 6.60. The Morgan fingerprint density at radius 2 is 1.86 bits per heavy atom. The van der Waals surface area contributed by atoms with E-state index in [2.05, 4.69) is 17.3 Å². The molecule has 2 fully saturated rings. The average molecular weight is 294 g/mol. The highest BCUT2D eigenvalue weighted by molar-refractivity contribution is 5.22. The maximum Gasteiger partial charge on any atom is 0.163 e. The zero-order valence-electron chi connectivity index (χ0n) is 12.8. The minimum atomic E-state index is -0.763. The number of rotatable bonds is 3. The van der Waals surface area contributed by atoms with Gasteiger partial charge in [0, 0.05) is 29.7 Å². The molecule has 2 aliphatic heterocycles. The zero-order chi connectivity index (χ0) is 15.0. The number of fused-ring (bicyclic) bond motifs is 2. The Bertz CT molecular complexity index is 492. The molecular formula is C17H24F2N2. The lowest BCUT2D eigenvalue weighted by Gasteiger charge is -2.47. The van der Waals surface area contributed by atoms with Crippen molar-refractivity contribution >= 4 is 0 Å². The fourth-order valence-electron chi connectivity index (χ4n) is 4.05. The summed E-state index contributed by atoms with van der Waals surface area (Å²) in [4.78, 5) is 2.51. The van der Waals surface area contributed by atoms with Crippen molar-refractivity contribution in [1.82, 2.24) is 10.2 Å². The van der Waals surface area contributed by atoms with Crippen LogP contribution in [0.15, 0.2) is 18.2 Å². The maximum atomic E-state index is 13.9. The lowest BCUT2D eigenvalue weighted by Crippen LogP contribution is -2.54. The molecule has 3 unspecified atom stereocenters. The third-order valence-electron chi connectivity index (χ3n) is 5.27. The summed E-state index contributed by atoms with van der Waals surface area (Å²) in [5.74, 6) is -1.48. The number of benzene rings is 1. The Hall–Kier alpha value is -1.00. The molecule has 21 heavy (non-hydrogen) atoms. The molecule has 0 amide bonds. The van der Waals surface area contributed by atoms with Crippen LogP contribution in [0, 0.1) is 11.6 Å². The van der Waals surface area contributed by atoms with E-state index in [1.807, 2.05) is 6.92 Å². The van der Waals surface area contributed by atoms with E-state index in [1.165, 1.54) is 25.3 Å². The average Bonchev–Trinajstić information content (AvgIpc) is 2.43. The number of hydrogen-bond donors (Lipinski definition) is 1. The summed E-state index contributed by atoms with van der Waals surface area (Å²) in [6, 6.07) is 5.94.